The van der Waals surface area contributed by atoms with Crippen molar-refractivity contribution in [3.05, 3.63) is 34.9 Å². The van der Waals surface area contributed by atoms with E-state index in [0.717, 1.165) is 24.8 Å². The summed E-state index contributed by atoms with van der Waals surface area (Å²) in [4.78, 5) is 0. The predicted molar refractivity (Wildman–Crippen MR) is 247 cm³/mol. The van der Waals surface area contributed by atoms with Crippen molar-refractivity contribution in [3.63, 3.8) is 0 Å². The van der Waals surface area contributed by atoms with Gasteiger partial charge in [0.2, 0.25) is 0 Å². The average molecular weight is 1070 g/mol. The molecule has 6 saturated heterocycles. The Morgan fingerprint density at radius 3 is 1.43 bits per heavy atom. The predicted octanol–water partition coefficient (Wildman–Crippen LogP) is -4.68. The lowest BCUT2D eigenvalue weighted by atomic mass is 9.96. The minimum atomic E-state index is -1.95. The number of ether oxygens (including phenoxy) is 12. The minimum absolute atomic E-state index is 0.0726. The summed E-state index contributed by atoms with van der Waals surface area (Å²) >= 11 is 0. The molecule has 6 aliphatic heterocycles. The summed E-state index contributed by atoms with van der Waals surface area (Å²) in [6.45, 7) is 9.13. The Hall–Kier alpha value is -1.82. The van der Waals surface area contributed by atoms with Gasteiger partial charge in [0.05, 0.1) is 45.2 Å². The molecule has 0 aromatic heterocycles. The highest BCUT2D eigenvalue weighted by atomic mass is 16.8. The Bertz CT molecular complexity index is 1810. The van der Waals surface area contributed by atoms with Crippen LogP contribution in [0.2, 0.25) is 0 Å². The Balaban J connectivity index is 1.09. The third-order valence-electron chi connectivity index (χ3n) is 14.0. The molecule has 26 heteroatoms. The van der Waals surface area contributed by atoms with E-state index in [-0.39, 0.29) is 19.8 Å². The number of rotatable bonds is 20. The normalized spacial score (nSPS) is 46.8. The molecule has 26 nitrogen and oxygen atoms in total. The molecule has 0 saturated carbocycles. The van der Waals surface area contributed by atoms with Crippen molar-refractivity contribution in [2.45, 2.75) is 233 Å². The van der Waals surface area contributed by atoms with Crippen LogP contribution in [-0.2, 0) is 56.8 Å². The van der Waals surface area contributed by atoms with Gasteiger partial charge in [0.1, 0.15) is 116 Å². The quantitative estimate of drug-likeness (QED) is 0.0510. The van der Waals surface area contributed by atoms with Gasteiger partial charge in [0, 0.05) is 0 Å². The Kier molecular flexibility index (Phi) is 23.1. The van der Waals surface area contributed by atoms with Crippen LogP contribution in [0.1, 0.15) is 67.2 Å². The second-order valence-corrected chi connectivity index (χ2v) is 20.2. The van der Waals surface area contributed by atoms with Crippen molar-refractivity contribution in [3.8, 4) is 0 Å². The minimum Gasteiger partial charge on any atom is -0.388 e. The van der Waals surface area contributed by atoms with E-state index in [1.165, 1.54) is 25.0 Å². The van der Waals surface area contributed by atoms with E-state index in [1.807, 2.05) is 6.92 Å². The van der Waals surface area contributed by atoms with Crippen LogP contribution in [-0.4, -0.2) is 270 Å². The molecule has 6 fully saturated rings. The largest absolute Gasteiger partial charge is 0.388 e. The molecule has 0 spiro atoms. The Labute approximate surface area is 428 Å². The molecule has 27 unspecified atom stereocenters. The van der Waals surface area contributed by atoms with Crippen molar-refractivity contribution in [1.29, 1.82) is 0 Å². The number of hydrogen-bond donors (Lipinski definition) is 14. The summed E-state index contributed by atoms with van der Waals surface area (Å²) in [6.07, 6.45) is -33.2. The smallest absolute Gasteiger partial charge is 0.187 e. The molecular formula is C48H80O26. The summed E-state index contributed by atoms with van der Waals surface area (Å²) in [5.41, 5.74) is 3.49. The lowest BCUT2D eigenvalue weighted by molar-refractivity contribution is -0.383. The lowest BCUT2D eigenvalue weighted by Gasteiger charge is -2.48. The van der Waals surface area contributed by atoms with E-state index in [4.69, 9.17) is 56.8 Å². The molecule has 0 aromatic rings. The number of aliphatic hydroxyl groups is 14. The standard InChI is InChI=1S/C48H80O26/c1-19(2)9-7-10-20(3)11-8-12-21(4)13-14-63-46-39(62)42(31(54)27(71-46)18-67-43-36(59)30(53)26(17-66-43)70-44-34(57)28(51)24(49)15-64-44)74-48-38(61)33(56)41(23(6)69-48)73-47-37(60)32(55)40(22(5)68-47)72-45-35(58)29(52)25(50)16-65-45/h9,11,13,22-62H,7-8,10,12,14-18H2,1-6H3. The van der Waals surface area contributed by atoms with Crippen LogP contribution >= 0.6 is 0 Å². The molecule has 428 valence electrons. The summed E-state index contributed by atoms with van der Waals surface area (Å²) in [7, 11) is 0. The van der Waals surface area contributed by atoms with Crippen LogP contribution in [0, 0.1) is 0 Å². The first-order valence-electron chi connectivity index (χ1n) is 25.1. The van der Waals surface area contributed by atoms with E-state index in [9.17, 15) is 71.5 Å². The molecule has 0 aromatic carbocycles. The van der Waals surface area contributed by atoms with E-state index in [1.54, 1.807) is 6.08 Å². The maximum Gasteiger partial charge on any atom is 0.187 e. The van der Waals surface area contributed by atoms with Crippen molar-refractivity contribution < 1.29 is 128 Å². The first-order chi connectivity index (χ1) is 35.0. The zero-order valence-electron chi connectivity index (χ0n) is 42.3. The second kappa shape index (κ2) is 27.9. The molecule has 0 radical (unpaired) electrons. The van der Waals surface area contributed by atoms with Gasteiger partial charge in [0.15, 0.2) is 37.7 Å². The molecule has 6 aliphatic rings. The fraction of sp³-hybridized carbons (Fsp3) is 0.875. The Morgan fingerprint density at radius 2 is 0.878 bits per heavy atom. The summed E-state index contributed by atoms with van der Waals surface area (Å²) in [5, 5.41) is 150. The number of hydrogen-bond acceptors (Lipinski definition) is 26. The van der Waals surface area contributed by atoms with Crippen molar-refractivity contribution in [1.82, 2.24) is 0 Å². The zero-order chi connectivity index (χ0) is 54.3. The van der Waals surface area contributed by atoms with Crippen LogP contribution in [0.15, 0.2) is 34.9 Å². The van der Waals surface area contributed by atoms with E-state index < -0.39 is 179 Å². The molecule has 0 aliphatic carbocycles. The molecular weight excluding hydrogens is 993 g/mol. The third-order valence-corrected chi connectivity index (χ3v) is 14.0. The van der Waals surface area contributed by atoms with Gasteiger partial charge in [-0.3, -0.25) is 0 Å². The van der Waals surface area contributed by atoms with Gasteiger partial charge in [-0.25, -0.2) is 0 Å². The molecule has 6 rings (SSSR count). The topological polar surface area (TPSA) is 394 Å². The molecule has 74 heavy (non-hydrogen) atoms. The van der Waals surface area contributed by atoms with Gasteiger partial charge in [-0.1, -0.05) is 34.9 Å². The van der Waals surface area contributed by atoms with Gasteiger partial charge in [-0.15, -0.1) is 0 Å². The van der Waals surface area contributed by atoms with Gasteiger partial charge in [-0.05, 0) is 67.2 Å². The monoisotopic (exact) mass is 1070 g/mol. The van der Waals surface area contributed by atoms with Crippen molar-refractivity contribution >= 4 is 0 Å². The van der Waals surface area contributed by atoms with Crippen LogP contribution in [0.25, 0.3) is 0 Å². The highest BCUT2D eigenvalue weighted by Crippen LogP contribution is 2.35. The SMILES string of the molecule is CC(C)=CCCC(C)=CCCC(C)=CCOC1OC(COC2OCC(OC3OCC(O)C(O)C3O)C(O)C2O)C(O)C(OC2OC(C)C(OC3OC(C)C(OC4OCC(O)C(O)C4O)C(O)C3O)C(O)C2O)C1O. The van der Waals surface area contributed by atoms with Gasteiger partial charge in [0.25, 0.3) is 0 Å². The van der Waals surface area contributed by atoms with Crippen LogP contribution in [0.4, 0.5) is 0 Å². The van der Waals surface area contributed by atoms with Crippen molar-refractivity contribution in [2.75, 3.05) is 33.0 Å². The summed E-state index contributed by atoms with van der Waals surface area (Å²) in [6, 6.07) is 0. The van der Waals surface area contributed by atoms with E-state index >= 15 is 0 Å². The Morgan fingerprint density at radius 1 is 0.419 bits per heavy atom. The highest BCUT2D eigenvalue weighted by Gasteiger charge is 2.54. The average Bonchev–Trinajstić information content (AvgIpc) is 3.35. The van der Waals surface area contributed by atoms with Crippen molar-refractivity contribution in [2.24, 2.45) is 0 Å². The third kappa shape index (κ3) is 15.3. The first-order valence-corrected chi connectivity index (χ1v) is 25.1. The zero-order valence-corrected chi connectivity index (χ0v) is 42.3. The summed E-state index contributed by atoms with van der Waals surface area (Å²) in [5.74, 6) is 0. The molecule has 0 bridgehead atoms. The number of allylic oxidation sites excluding steroid dienone is 5. The number of aliphatic hydroxyl groups excluding tert-OH is 14. The maximum absolute atomic E-state index is 11.7. The van der Waals surface area contributed by atoms with Crippen LogP contribution < -0.4 is 0 Å². The van der Waals surface area contributed by atoms with Gasteiger partial charge >= 0.3 is 0 Å². The van der Waals surface area contributed by atoms with Gasteiger partial charge in [-0.2, -0.15) is 0 Å². The maximum atomic E-state index is 11.7. The van der Waals surface area contributed by atoms with E-state index in [2.05, 4.69) is 32.9 Å². The lowest BCUT2D eigenvalue weighted by Crippen LogP contribution is -2.66. The molecule has 0 amide bonds. The summed E-state index contributed by atoms with van der Waals surface area (Å²) < 4.78 is 68.7. The fourth-order valence-corrected chi connectivity index (χ4v) is 9.23. The van der Waals surface area contributed by atoms with Gasteiger partial charge < -0.3 is 128 Å². The molecule has 14 N–H and O–H groups in total. The van der Waals surface area contributed by atoms with E-state index in [0.29, 0.717) is 6.42 Å². The second-order valence-electron chi connectivity index (χ2n) is 20.2. The highest BCUT2D eigenvalue weighted by molar-refractivity contribution is 5.06. The molecule has 6 heterocycles. The first kappa shape index (κ1) is 61.4. The molecule has 27 atom stereocenters. The fourth-order valence-electron chi connectivity index (χ4n) is 9.23. The van der Waals surface area contributed by atoms with Crippen LogP contribution in [0.3, 0.4) is 0 Å². The van der Waals surface area contributed by atoms with Crippen LogP contribution in [0.5, 0.6) is 0 Å².